The minimum absolute atomic E-state index is 0.0435. The molecule has 1 saturated carbocycles. The van der Waals surface area contributed by atoms with Gasteiger partial charge in [0.25, 0.3) is 0 Å². The van der Waals surface area contributed by atoms with Gasteiger partial charge in [-0.2, -0.15) is 4.98 Å². The van der Waals surface area contributed by atoms with Crippen molar-refractivity contribution in [2.45, 2.75) is 58.4 Å². The largest absolute Gasteiger partial charge is 0.481 e. The Balaban J connectivity index is 1.65. The van der Waals surface area contributed by atoms with Gasteiger partial charge in [0.1, 0.15) is 6.04 Å². The Labute approximate surface area is 147 Å². The molecule has 1 unspecified atom stereocenters. The molecule has 3 rings (SSSR count). The van der Waals surface area contributed by atoms with Crippen LogP contribution in [0.1, 0.15) is 64.7 Å². The van der Waals surface area contributed by atoms with E-state index < -0.39 is 17.4 Å². The van der Waals surface area contributed by atoms with Crippen molar-refractivity contribution in [3.63, 3.8) is 0 Å². The van der Waals surface area contributed by atoms with Crippen molar-refractivity contribution in [1.82, 2.24) is 20.4 Å². The first-order chi connectivity index (χ1) is 11.6. The quantitative estimate of drug-likeness (QED) is 0.866. The third-order valence-electron chi connectivity index (χ3n) is 5.41. The lowest BCUT2D eigenvalue weighted by Gasteiger charge is -2.24. The van der Waals surface area contributed by atoms with E-state index in [9.17, 15) is 14.7 Å². The van der Waals surface area contributed by atoms with E-state index in [1.807, 2.05) is 20.8 Å². The number of rotatable bonds is 3. The smallest absolute Gasteiger partial charge is 0.318 e. The normalized spacial score (nSPS) is 27.2. The van der Waals surface area contributed by atoms with Crippen LogP contribution >= 0.6 is 0 Å². The highest BCUT2D eigenvalue weighted by molar-refractivity contribution is 5.80. The lowest BCUT2D eigenvalue weighted by atomic mass is 9.81. The molecule has 1 aromatic heterocycles. The molecule has 0 spiro atoms. The highest BCUT2D eigenvalue weighted by atomic mass is 16.5. The maximum absolute atomic E-state index is 12.6. The van der Waals surface area contributed by atoms with Crippen LogP contribution in [0.2, 0.25) is 0 Å². The van der Waals surface area contributed by atoms with Gasteiger partial charge < -0.3 is 19.8 Å². The second kappa shape index (κ2) is 6.00. The Kier molecular flexibility index (Phi) is 4.25. The van der Waals surface area contributed by atoms with Crippen LogP contribution in [0.15, 0.2) is 4.52 Å². The zero-order valence-corrected chi connectivity index (χ0v) is 15.2. The lowest BCUT2D eigenvalue weighted by Crippen LogP contribution is -2.42. The van der Waals surface area contributed by atoms with Gasteiger partial charge in [0.05, 0.1) is 5.41 Å². The number of aromatic nitrogens is 2. The molecule has 2 fully saturated rings. The van der Waals surface area contributed by atoms with Gasteiger partial charge in [-0.1, -0.05) is 32.3 Å². The van der Waals surface area contributed by atoms with Gasteiger partial charge in [-0.3, -0.25) is 4.79 Å². The fraction of sp³-hybridized carbons (Fsp3) is 0.765. The molecule has 8 heteroatoms. The molecule has 25 heavy (non-hydrogen) atoms. The van der Waals surface area contributed by atoms with Gasteiger partial charge in [0.15, 0.2) is 5.82 Å². The average molecular weight is 350 g/mol. The Hall–Kier alpha value is -2.12. The summed E-state index contributed by atoms with van der Waals surface area (Å²) in [5.74, 6) is 0.196. The van der Waals surface area contributed by atoms with Gasteiger partial charge in [0.2, 0.25) is 5.89 Å². The van der Waals surface area contributed by atoms with Crippen LogP contribution < -0.4 is 5.32 Å². The third-order valence-corrected chi connectivity index (χ3v) is 5.41. The van der Waals surface area contributed by atoms with Gasteiger partial charge in [-0.05, 0) is 25.7 Å². The summed E-state index contributed by atoms with van der Waals surface area (Å²) in [5.41, 5.74) is -1.00. The Morgan fingerprint density at radius 2 is 2.16 bits per heavy atom. The summed E-state index contributed by atoms with van der Waals surface area (Å²) in [7, 11) is 0. The summed E-state index contributed by atoms with van der Waals surface area (Å²) in [6.07, 6.45) is 2.43. The van der Waals surface area contributed by atoms with E-state index in [2.05, 4.69) is 15.5 Å². The van der Waals surface area contributed by atoms with Crippen LogP contribution in [0.4, 0.5) is 4.79 Å². The highest BCUT2D eigenvalue weighted by Gasteiger charge is 2.55. The molecule has 1 aliphatic carbocycles. The number of carboxylic acid groups (broad SMARTS) is 1. The van der Waals surface area contributed by atoms with Crippen LogP contribution in [0, 0.1) is 11.3 Å². The summed E-state index contributed by atoms with van der Waals surface area (Å²) >= 11 is 0. The first-order valence-electron chi connectivity index (χ1n) is 8.76. The van der Waals surface area contributed by atoms with E-state index >= 15 is 0 Å². The summed E-state index contributed by atoms with van der Waals surface area (Å²) in [4.78, 5) is 30.2. The first kappa shape index (κ1) is 17.7. The molecule has 1 aliphatic heterocycles. The molecule has 0 radical (unpaired) electrons. The summed E-state index contributed by atoms with van der Waals surface area (Å²) < 4.78 is 5.26. The number of carbonyl (C=O) groups is 2. The second-order valence-electron chi connectivity index (χ2n) is 8.31. The summed E-state index contributed by atoms with van der Waals surface area (Å²) in [6.45, 7) is 8.49. The van der Waals surface area contributed by atoms with Gasteiger partial charge in [0, 0.05) is 18.5 Å². The Morgan fingerprint density at radius 1 is 1.44 bits per heavy atom. The molecule has 0 bridgehead atoms. The number of amides is 2. The molecular weight excluding hydrogens is 324 g/mol. The van der Waals surface area contributed by atoms with E-state index in [0.29, 0.717) is 24.7 Å². The van der Waals surface area contributed by atoms with Crippen molar-refractivity contribution in [3.8, 4) is 0 Å². The van der Waals surface area contributed by atoms with Crippen LogP contribution in [0.25, 0.3) is 0 Å². The Morgan fingerprint density at radius 3 is 2.72 bits per heavy atom. The van der Waals surface area contributed by atoms with Gasteiger partial charge in [-0.25, -0.2) is 4.79 Å². The number of nitrogens with zero attached hydrogens (tertiary/aromatic N) is 3. The molecule has 2 amide bonds. The number of likely N-dealkylation sites (tertiary alicyclic amines) is 1. The number of aliphatic carboxylic acids is 1. The molecule has 138 valence electrons. The number of nitrogens with one attached hydrogen (secondary N) is 1. The van der Waals surface area contributed by atoms with E-state index in [0.717, 1.165) is 12.8 Å². The van der Waals surface area contributed by atoms with Crippen LogP contribution in [0.5, 0.6) is 0 Å². The lowest BCUT2D eigenvalue weighted by molar-refractivity contribution is -0.149. The van der Waals surface area contributed by atoms with E-state index in [-0.39, 0.29) is 23.9 Å². The fourth-order valence-electron chi connectivity index (χ4n) is 3.85. The van der Waals surface area contributed by atoms with Crippen LogP contribution in [0.3, 0.4) is 0 Å². The van der Waals surface area contributed by atoms with E-state index in [1.165, 1.54) is 0 Å². The zero-order chi connectivity index (χ0) is 18.4. The minimum Gasteiger partial charge on any atom is -0.481 e. The number of carbonyl (C=O) groups excluding carboxylic acids is 1. The van der Waals surface area contributed by atoms with Crippen LogP contribution in [-0.4, -0.2) is 45.2 Å². The zero-order valence-electron chi connectivity index (χ0n) is 15.2. The van der Waals surface area contributed by atoms with Crippen molar-refractivity contribution < 1.29 is 19.2 Å². The topological polar surface area (TPSA) is 109 Å². The summed E-state index contributed by atoms with van der Waals surface area (Å²) in [6, 6.07) is -0.713. The van der Waals surface area contributed by atoms with Gasteiger partial charge >= 0.3 is 12.0 Å². The SMILES string of the molecule is CC(NC(=O)N1C[C@@H]2CCC[C@@]2(C(=O)O)C1)c1nc(C(C)(C)C)no1. The maximum atomic E-state index is 12.6. The molecule has 1 saturated heterocycles. The molecule has 8 nitrogen and oxygen atoms in total. The molecular formula is C17H26N4O4. The predicted octanol–water partition coefficient (Wildman–Crippen LogP) is 2.32. The minimum atomic E-state index is -0.787. The first-order valence-corrected chi connectivity index (χ1v) is 8.76. The molecule has 0 aromatic carbocycles. The molecule has 1 aromatic rings. The molecule has 2 N–H and O–H groups in total. The Bertz CT molecular complexity index is 680. The van der Waals surface area contributed by atoms with Crippen molar-refractivity contribution in [1.29, 1.82) is 0 Å². The van der Waals surface area contributed by atoms with Crippen molar-refractivity contribution >= 4 is 12.0 Å². The average Bonchev–Trinajstić information content (AvgIpc) is 3.20. The third kappa shape index (κ3) is 3.09. The number of fused-ring (bicyclic) bond motifs is 1. The highest BCUT2D eigenvalue weighted by Crippen LogP contribution is 2.48. The van der Waals surface area contributed by atoms with Crippen molar-refractivity contribution in [3.05, 3.63) is 11.7 Å². The van der Waals surface area contributed by atoms with E-state index in [4.69, 9.17) is 4.52 Å². The number of hydrogen-bond acceptors (Lipinski definition) is 5. The number of hydrogen-bond donors (Lipinski definition) is 2. The van der Waals surface area contributed by atoms with Crippen LogP contribution in [-0.2, 0) is 10.2 Å². The second-order valence-corrected chi connectivity index (χ2v) is 8.31. The van der Waals surface area contributed by atoms with Crippen molar-refractivity contribution in [2.24, 2.45) is 11.3 Å². The molecule has 3 atom stereocenters. The fourth-order valence-corrected chi connectivity index (χ4v) is 3.85. The number of urea groups is 1. The van der Waals surface area contributed by atoms with Gasteiger partial charge in [-0.15, -0.1) is 0 Å². The molecule has 2 heterocycles. The standard InChI is InChI=1S/C17H26N4O4/c1-10(12-19-13(20-25-12)16(2,3)4)18-15(24)21-8-11-6-5-7-17(11,9-21)14(22)23/h10-11H,5-9H2,1-4H3,(H,18,24)(H,22,23)/t10?,11-,17+/m0/s1. The van der Waals surface area contributed by atoms with E-state index in [1.54, 1.807) is 11.8 Å². The maximum Gasteiger partial charge on any atom is 0.318 e. The van der Waals surface area contributed by atoms with Crippen molar-refractivity contribution in [2.75, 3.05) is 13.1 Å². The monoisotopic (exact) mass is 350 g/mol. The number of carboxylic acids is 1. The summed E-state index contributed by atoms with van der Waals surface area (Å²) in [5, 5.41) is 16.4. The molecule has 2 aliphatic rings. The predicted molar refractivity (Wildman–Crippen MR) is 88.9 cm³/mol.